The SMILES string of the molecule is CCCCCCCCCCCCCCCCCCC(=O)OC(COC(=O)CCCCCCCCC(C)CCCCCCCC)COP(=O)(O)OC1C(O)C(O)C(O)C(O)C1OC1OC(CO)C(O)C(O)C1O. The first kappa shape index (κ1) is 66.8. The molecule has 2 rings (SSSR count). The smallest absolute Gasteiger partial charge is 0.462 e. The van der Waals surface area contributed by atoms with Crippen molar-refractivity contribution in [3.8, 4) is 0 Å². The van der Waals surface area contributed by atoms with Crippen molar-refractivity contribution in [3.05, 3.63) is 0 Å². The second-order valence-electron chi connectivity index (χ2n) is 20.8. The summed E-state index contributed by atoms with van der Waals surface area (Å²) in [6, 6.07) is 0. The molecule has 0 amide bonds. The maximum absolute atomic E-state index is 13.5. The minimum absolute atomic E-state index is 0.0392. The third-order valence-electron chi connectivity index (χ3n) is 14.2. The Hall–Kier alpha value is -1.35. The summed E-state index contributed by atoms with van der Waals surface area (Å²) in [7, 11) is -5.37. The number of esters is 2. The third kappa shape index (κ3) is 28.1. The number of ether oxygens (including phenoxy) is 4. The van der Waals surface area contributed by atoms with Crippen molar-refractivity contribution in [1.29, 1.82) is 0 Å². The molecular formula is C53H101O18P. The van der Waals surface area contributed by atoms with Crippen LogP contribution in [0.4, 0.5) is 0 Å². The molecule has 0 aromatic carbocycles. The zero-order chi connectivity index (χ0) is 53.2. The van der Waals surface area contributed by atoms with Gasteiger partial charge in [0.1, 0.15) is 67.6 Å². The number of hydrogen-bond acceptors (Lipinski definition) is 17. The number of rotatable bonds is 44. The van der Waals surface area contributed by atoms with Gasteiger partial charge in [-0.1, -0.05) is 201 Å². The Bertz CT molecular complexity index is 1410. The van der Waals surface area contributed by atoms with E-state index in [1.807, 2.05) is 0 Å². The molecule has 14 atom stereocenters. The summed E-state index contributed by atoms with van der Waals surface area (Å²) in [5.41, 5.74) is 0. The van der Waals surface area contributed by atoms with Crippen molar-refractivity contribution in [1.82, 2.24) is 0 Å². The highest BCUT2D eigenvalue weighted by molar-refractivity contribution is 7.47. The van der Waals surface area contributed by atoms with Gasteiger partial charge in [0.2, 0.25) is 0 Å². The Labute approximate surface area is 431 Å². The van der Waals surface area contributed by atoms with E-state index in [9.17, 15) is 59.9 Å². The van der Waals surface area contributed by atoms with Crippen LogP contribution in [-0.2, 0) is 42.1 Å². The van der Waals surface area contributed by atoms with Crippen LogP contribution in [-0.4, -0.2) is 151 Å². The molecule has 2 fully saturated rings. The Morgan fingerprint density at radius 3 is 1.38 bits per heavy atom. The van der Waals surface area contributed by atoms with Crippen LogP contribution >= 0.6 is 7.82 Å². The number of carbonyl (C=O) groups is 2. The first-order valence-corrected chi connectivity index (χ1v) is 29.7. The average molecular weight is 1060 g/mol. The first-order chi connectivity index (χ1) is 34.6. The van der Waals surface area contributed by atoms with E-state index >= 15 is 0 Å². The summed E-state index contributed by atoms with van der Waals surface area (Å²) in [6.07, 6.45) is 11.7. The van der Waals surface area contributed by atoms with Gasteiger partial charge < -0.3 is 64.7 Å². The van der Waals surface area contributed by atoms with Gasteiger partial charge >= 0.3 is 19.8 Å². The number of phosphoric acid groups is 1. The molecule has 0 aromatic rings. The number of hydrogen-bond donors (Lipinski definition) is 9. The lowest BCUT2D eigenvalue weighted by Gasteiger charge is -2.47. The van der Waals surface area contributed by atoms with Crippen LogP contribution in [0, 0.1) is 5.92 Å². The van der Waals surface area contributed by atoms with Crippen LogP contribution in [0.2, 0.25) is 0 Å². The van der Waals surface area contributed by atoms with Gasteiger partial charge in [-0.05, 0) is 18.8 Å². The molecule has 1 heterocycles. The monoisotopic (exact) mass is 1060 g/mol. The van der Waals surface area contributed by atoms with Gasteiger partial charge in [-0.15, -0.1) is 0 Å². The van der Waals surface area contributed by atoms with Crippen molar-refractivity contribution >= 4 is 19.8 Å². The van der Waals surface area contributed by atoms with E-state index in [2.05, 4.69) is 20.8 Å². The van der Waals surface area contributed by atoms with Gasteiger partial charge in [0.15, 0.2) is 12.4 Å². The van der Waals surface area contributed by atoms with E-state index in [1.165, 1.54) is 128 Å². The van der Waals surface area contributed by atoms with Crippen LogP contribution in [0.3, 0.4) is 0 Å². The predicted molar refractivity (Wildman–Crippen MR) is 272 cm³/mol. The summed E-state index contributed by atoms with van der Waals surface area (Å²) >= 11 is 0. The van der Waals surface area contributed by atoms with Gasteiger partial charge in [0.25, 0.3) is 0 Å². The van der Waals surface area contributed by atoms with Crippen molar-refractivity contribution in [2.45, 2.75) is 300 Å². The van der Waals surface area contributed by atoms with Gasteiger partial charge in [-0.25, -0.2) is 4.57 Å². The van der Waals surface area contributed by atoms with Gasteiger partial charge in [-0.2, -0.15) is 0 Å². The topological polar surface area (TPSA) is 289 Å². The summed E-state index contributed by atoms with van der Waals surface area (Å²) < 4.78 is 45.6. The number of aliphatic hydroxyl groups is 8. The molecule has 0 radical (unpaired) electrons. The molecule has 1 aliphatic heterocycles. The molecule has 1 saturated heterocycles. The van der Waals surface area contributed by atoms with Gasteiger partial charge in [0, 0.05) is 12.8 Å². The predicted octanol–water partition coefficient (Wildman–Crippen LogP) is 7.75. The van der Waals surface area contributed by atoms with Crippen LogP contribution in [0.15, 0.2) is 0 Å². The average Bonchev–Trinajstić information content (AvgIpc) is 3.36. The van der Waals surface area contributed by atoms with E-state index in [0.29, 0.717) is 12.8 Å². The standard InChI is InChI=1S/C53H101O18P/c1-4-6-8-10-12-13-14-15-16-17-18-19-20-21-27-31-35-43(56)68-40(37-66-42(55)34-30-26-23-22-25-29-33-39(3)32-28-24-11-9-7-5-2)38-67-72(64,65)71-52-49(62)47(60)46(59)48(61)51(52)70-53-50(63)45(58)44(57)41(36-54)69-53/h39-41,44-54,57-63H,4-38H2,1-3H3,(H,64,65). The van der Waals surface area contributed by atoms with Crippen LogP contribution in [0.1, 0.15) is 226 Å². The summed E-state index contributed by atoms with van der Waals surface area (Å²) in [6.45, 7) is 4.61. The normalized spacial score (nSPS) is 27.3. The Morgan fingerprint density at radius 2 is 0.917 bits per heavy atom. The van der Waals surface area contributed by atoms with Crippen molar-refractivity contribution in [3.63, 3.8) is 0 Å². The second-order valence-corrected chi connectivity index (χ2v) is 22.2. The van der Waals surface area contributed by atoms with Crippen molar-refractivity contribution < 1.29 is 87.9 Å². The van der Waals surface area contributed by atoms with Gasteiger partial charge in [0.05, 0.1) is 13.2 Å². The van der Waals surface area contributed by atoms with Crippen LogP contribution in [0.5, 0.6) is 0 Å². The second kappa shape index (κ2) is 39.9. The molecule has 1 saturated carbocycles. The molecule has 1 aliphatic carbocycles. The largest absolute Gasteiger partial charge is 0.472 e. The van der Waals surface area contributed by atoms with Crippen LogP contribution < -0.4 is 0 Å². The highest BCUT2D eigenvalue weighted by Crippen LogP contribution is 2.48. The molecular weight excluding hydrogens is 956 g/mol. The quantitative estimate of drug-likeness (QED) is 0.0160. The molecule has 18 nitrogen and oxygen atoms in total. The minimum atomic E-state index is -5.37. The lowest BCUT2D eigenvalue weighted by atomic mass is 9.84. The summed E-state index contributed by atoms with van der Waals surface area (Å²) in [4.78, 5) is 36.7. The maximum atomic E-state index is 13.5. The Balaban J connectivity index is 1.91. The fourth-order valence-electron chi connectivity index (χ4n) is 9.48. The first-order valence-electron chi connectivity index (χ1n) is 28.3. The van der Waals surface area contributed by atoms with Crippen molar-refractivity contribution in [2.75, 3.05) is 19.8 Å². The molecule has 9 N–H and O–H groups in total. The molecule has 0 bridgehead atoms. The summed E-state index contributed by atoms with van der Waals surface area (Å²) in [5.74, 6) is -0.467. The van der Waals surface area contributed by atoms with Gasteiger partial charge in [-0.3, -0.25) is 18.6 Å². The third-order valence-corrected chi connectivity index (χ3v) is 15.2. The highest BCUT2D eigenvalue weighted by Gasteiger charge is 2.55. The maximum Gasteiger partial charge on any atom is 0.472 e. The minimum Gasteiger partial charge on any atom is -0.462 e. The molecule has 0 aromatic heterocycles. The summed E-state index contributed by atoms with van der Waals surface area (Å²) in [5, 5.41) is 83.1. The molecule has 426 valence electrons. The van der Waals surface area contributed by atoms with E-state index in [-0.39, 0.29) is 12.8 Å². The lowest BCUT2D eigenvalue weighted by Crippen LogP contribution is -2.67. The van der Waals surface area contributed by atoms with Crippen LogP contribution in [0.25, 0.3) is 0 Å². The van der Waals surface area contributed by atoms with E-state index in [4.69, 9.17) is 28.0 Å². The van der Waals surface area contributed by atoms with E-state index in [1.54, 1.807) is 0 Å². The molecule has 0 spiro atoms. The highest BCUT2D eigenvalue weighted by atomic mass is 31.2. The number of phosphoric ester groups is 1. The fraction of sp³-hybridized carbons (Fsp3) is 0.962. The van der Waals surface area contributed by atoms with E-state index < -0.39 is 113 Å². The van der Waals surface area contributed by atoms with E-state index in [0.717, 1.165) is 57.3 Å². The molecule has 2 aliphatic rings. The fourth-order valence-corrected chi connectivity index (χ4v) is 10.4. The Kier molecular flexibility index (Phi) is 37.0. The molecule has 14 unspecified atom stereocenters. The molecule has 19 heteroatoms. The number of carbonyl (C=O) groups excluding carboxylic acids is 2. The van der Waals surface area contributed by atoms with Crippen molar-refractivity contribution in [2.24, 2.45) is 5.92 Å². The lowest BCUT2D eigenvalue weighted by molar-refractivity contribution is -0.338. The Morgan fingerprint density at radius 1 is 0.514 bits per heavy atom. The zero-order valence-corrected chi connectivity index (χ0v) is 45.3. The number of aliphatic hydroxyl groups excluding tert-OH is 8. The molecule has 72 heavy (non-hydrogen) atoms. The number of unbranched alkanes of at least 4 members (excludes halogenated alkanes) is 25. The zero-order valence-electron chi connectivity index (χ0n) is 44.4.